The maximum Gasteiger partial charge on any atom is 0.327 e. The van der Waals surface area contributed by atoms with E-state index in [0.29, 0.717) is 17.2 Å². The number of nitrogens with one attached hydrogen (secondary N) is 4. The molecule has 1 aliphatic heterocycles. The number of fused-ring (bicyclic) bond motifs is 1. The first-order chi connectivity index (χ1) is 9.22. The Bertz CT molecular complexity index is 677. The third kappa shape index (κ3) is 2.60. The van der Waals surface area contributed by atoms with Crippen molar-refractivity contribution in [3.05, 3.63) is 26.7 Å². The van der Waals surface area contributed by atoms with Crippen LogP contribution in [0.1, 0.15) is 31.5 Å². The van der Waals surface area contributed by atoms with Crippen LogP contribution in [0, 0.1) is 0 Å². The smallest absolute Gasteiger partial charge is 0.327 e. The molecule has 1 atom stereocenters. The van der Waals surface area contributed by atoms with E-state index in [-0.39, 0.29) is 0 Å². The van der Waals surface area contributed by atoms with Gasteiger partial charge in [-0.25, -0.2) is 9.78 Å². The summed E-state index contributed by atoms with van der Waals surface area (Å²) >= 11 is 0. The van der Waals surface area contributed by atoms with E-state index >= 15 is 0 Å². The summed E-state index contributed by atoms with van der Waals surface area (Å²) < 4.78 is 0. The van der Waals surface area contributed by atoms with E-state index in [2.05, 4.69) is 25.3 Å². The lowest BCUT2D eigenvalue weighted by molar-refractivity contribution is 0.381. The van der Waals surface area contributed by atoms with Crippen LogP contribution in [0.3, 0.4) is 0 Å². The Morgan fingerprint density at radius 1 is 1.16 bits per heavy atom. The maximum absolute atomic E-state index is 11.6. The molecule has 2 aromatic heterocycles. The Morgan fingerprint density at radius 2 is 2.05 bits per heavy atom. The van der Waals surface area contributed by atoms with E-state index in [1.54, 1.807) is 0 Å². The minimum atomic E-state index is -0.524. The second-order valence-corrected chi connectivity index (χ2v) is 5.00. The lowest BCUT2D eigenvalue weighted by Gasteiger charge is -2.22. The van der Waals surface area contributed by atoms with Gasteiger partial charge in [-0.2, -0.15) is 0 Å². The molecular formula is C12H17N5O2. The van der Waals surface area contributed by atoms with Crippen LogP contribution in [0.15, 0.2) is 9.59 Å². The van der Waals surface area contributed by atoms with Crippen molar-refractivity contribution in [3.63, 3.8) is 0 Å². The monoisotopic (exact) mass is 263 g/mol. The molecule has 102 valence electrons. The molecule has 7 heteroatoms. The van der Waals surface area contributed by atoms with Gasteiger partial charge in [-0.05, 0) is 25.8 Å². The van der Waals surface area contributed by atoms with Crippen LogP contribution < -0.4 is 16.6 Å². The third-order valence-corrected chi connectivity index (χ3v) is 3.58. The molecule has 1 aliphatic rings. The largest absolute Gasteiger partial charge is 0.336 e. The van der Waals surface area contributed by atoms with Crippen LogP contribution in [0.5, 0.6) is 0 Å². The van der Waals surface area contributed by atoms with E-state index in [1.807, 2.05) is 0 Å². The molecule has 0 amide bonds. The number of hydrogen-bond donors (Lipinski definition) is 4. The number of nitrogens with zero attached hydrogens (tertiary/aromatic N) is 1. The minimum Gasteiger partial charge on any atom is -0.336 e. The molecule has 3 heterocycles. The van der Waals surface area contributed by atoms with Crippen molar-refractivity contribution in [2.75, 3.05) is 6.54 Å². The molecular weight excluding hydrogens is 246 g/mol. The topological polar surface area (TPSA) is 106 Å². The van der Waals surface area contributed by atoms with Crippen LogP contribution in [0.2, 0.25) is 0 Å². The first-order valence-corrected chi connectivity index (χ1v) is 6.67. The summed E-state index contributed by atoms with van der Waals surface area (Å²) in [7, 11) is 0. The Morgan fingerprint density at radius 3 is 2.84 bits per heavy atom. The zero-order chi connectivity index (χ0) is 13.2. The molecule has 0 saturated carbocycles. The zero-order valence-corrected chi connectivity index (χ0v) is 10.6. The SMILES string of the molecule is O=c1[nH]c(=O)c2[nH]c(CCC3CCCCN3)nc2[nH]1. The van der Waals surface area contributed by atoms with Gasteiger partial charge in [-0.1, -0.05) is 6.42 Å². The molecule has 0 aliphatic carbocycles. The molecule has 0 radical (unpaired) electrons. The number of imidazole rings is 1. The van der Waals surface area contributed by atoms with E-state index in [0.717, 1.165) is 25.2 Å². The van der Waals surface area contributed by atoms with Crippen molar-refractivity contribution >= 4 is 11.2 Å². The lowest BCUT2D eigenvalue weighted by Crippen LogP contribution is -2.34. The van der Waals surface area contributed by atoms with Crippen LogP contribution >= 0.6 is 0 Å². The molecule has 1 unspecified atom stereocenters. The highest BCUT2D eigenvalue weighted by atomic mass is 16.2. The van der Waals surface area contributed by atoms with Gasteiger partial charge in [0.05, 0.1) is 0 Å². The quantitative estimate of drug-likeness (QED) is 0.626. The highest BCUT2D eigenvalue weighted by Gasteiger charge is 2.14. The summed E-state index contributed by atoms with van der Waals surface area (Å²) in [5, 5.41) is 3.48. The Kier molecular flexibility index (Phi) is 3.20. The molecule has 7 nitrogen and oxygen atoms in total. The summed E-state index contributed by atoms with van der Waals surface area (Å²) in [5.74, 6) is 0.745. The molecule has 0 spiro atoms. The van der Waals surface area contributed by atoms with Gasteiger partial charge in [0, 0.05) is 12.5 Å². The number of rotatable bonds is 3. The summed E-state index contributed by atoms with van der Waals surface area (Å²) in [5.41, 5.74) is -0.274. The fourth-order valence-corrected chi connectivity index (χ4v) is 2.58. The minimum absolute atomic E-state index is 0.334. The average molecular weight is 263 g/mol. The molecule has 0 bridgehead atoms. The summed E-state index contributed by atoms with van der Waals surface area (Å²) in [4.78, 5) is 34.6. The van der Waals surface area contributed by atoms with Gasteiger partial charge in [0.25, 0.3) is 5.56 Å². The van der Waals surface area contributed by atoms with Gasteiger partial charge in [0.15, 0.2) is 5.65 Å². The number of H-pyrrole nitrogens is 3. The molecule has 3 rings (SSSR count). The molecule has 0 aromatic carbocycles. The Hall–Kier alpha value is -1.89. The summed E-state index contributed by atoms with van der Waals surface area (Å²) in [6, 6.07) is 0.527. The van der Waals surface area contributed by atoms with Crippen molar-refractivity contribution in [2.24, 2.45) is 0 Å². The second kappa shape index (κ2) is 5.00. The standard InChI is InChI=1S/C12H17N5O2/c18-11-9-10(16-12(19)17-11)15-8(14-9)5-4-7-3-1-2-6-13-7/h7,13H,1-6H2,(H3,14,15,16,17,18,19). The van der Waals surface area contributed by atoms with Crippen molar-refractivity contribution in [3.8, 4) is 0 Å². The average Bonchev–Trinajstić information content (AvgIpc) is 2.81. The predicted octanol–water partition coefficient (Wildman–Crippen LogP) is 0.0142. The number of aromatic nitrogens is 4. The van der Waals surface area contributed by atoms with Crippen molar-refractivity contribution < 1.29 is 0 Å². The van der Waals surface area contributed by atoms with E-state index in [1.165, 1.54) is 19.3 Å². The van der Waals surface area contributed by atoms with Crippen LogP contribution in [-0.2, 0) is 6.42 Å². The molecule has 1 fully saturated rings. The van der Waals surface area contributed by atoms with Crippen molar-refractivity contribution in [1.29, 1.82) is 0 Å². The van der Waals surface area contributed by atoms with Gasteiger partial charge in [-0.3, -0.25) is 14.8 Å². The van der Waals surface area contributed by atoms with Crippen LogP contribution in [0.4, 0.5) is 0 Å². The fourth-order valence-electron chi connectivity index (χ4n) is 2.58. The van der Waals surface area contributed by atoms with Gasteiger partial charge < -0.3 is 10.3 Å². The summed E-state index contributed by atoms with van der Waals surface area (Å²) in [6.45, 7) is 1.08. The van der Waals surface area contributed by atoms with Gasteiger partial charge in [0.1, 0.15) is 11.3 Å². The van der Waals surface area contributed by atoms with Gasteiger partial charge in [-0.15, -0.1) is 0 Å². The van der Waals surface area contributed by atoms with E-state index in [9.17, 15) is 9.59 Å². The van der Waals surface area contributed by atoms with E-state index in [4.69, 9.17) is 0 Å². The maximum atomic E-state index is 11.6. The highest BCUT2D eigenvalue weighted by Crippen LogP contribution is 2.12. The van der Waals surface area contributed by atoms with Crippen LogP contribution in [-0.4, -0.2) is 32.5 Å². The molecule has 19 heavy (non-hydrogen) atoms. The van der Waals surface area contributed by atoms with E-state index < -0.39 is 11.2 Å². The first kappa shape index (κ1) is 12.2. The normalized spacial score (nSPS) is 19.9. The lowest BCUT2D eigenvalue weighted by atomic mass is 10.0. The highest BCUT2D eigenvalue weighted by molar-refractivity contribution is 5.68. The zero-order valence-electron chi connectivity index (χ0n) is 10.6. The van der Waals surface area contributed by atoms with Gasteiger partial charge >= 0.3 is 5.69 Å². The van der Waals surface area contributed by atoms with Gasteiger partial charge in [0.2, 0.25) is 0 Å². The van der Waals surface area contributed by atoms with Crippen LogP contribution in [0.25, 0.3) is 11.2 Å². The number of aryl methyl sites for hydroxylation is 1. The Balaban J connectivity index is 1.76. The first-order valence-electron chi connectivity index (χ1n) is 6.67. The van der Waals surface area contributed by atoms with Crippen molar-refractivity contribution in [2.45, 2.75) is 38.1 Å². The predicted molar refractivity (Wildman–Crippen MR) is 71.3 cm³/mol. The molecule has 2 aromatic rings. The van der Waals surface area contributed by atoms with Crippen molar-refractivity contribution in [1.82, 2.24) is 25.3 Å². The number of hydrogen-bond acceptors (Lipinski definition) is 4. The molecule has 1 saturated heterocycles. The third-order valence-electron chi connectivity index (χ3n) is 3.58. The summed E-state index contributed by atoms with van der Waals surface area (Å²) in [6.07, 6.45) is 5.47. The second-order valence-electron chi connectivity index (χ2n) is 5.00. The number of piperidine rings is 1. The molecule has 4 N–H and O–H groups in total. The fraction of sp³-hybridized carbons (Fsp3) is 0.583. The Labute approximate surface area is 108 Å². The number of aromatic amines is 3.